The van der Waals surface area contributed by atoms with Crippen LogP contribution in [-0.4, -0.2) is 41.2 Å². The van der Waals surface area contributed by atoms with E-state index in [2.05, 4.69) is 0 Å². The maximum atomic E-state index is 11.2. The van der Waals surface area contributed by atoms with Gasteiger partial charge in [0, 0.05) is 13.1 Å². The Morgan fingerprint density at radius 1 is 1.35 bits per heavy atom. The second-order valence-electron chi connectivity index (χ2n) is 5.56. The molecule has 2 rings (SSSR count). The van der Waals surface area contributed by atoms with Crippen molar-refractivity contribution < 1.29 is 14.6 Å². The fraction of sp³-hybridized carbons (Fsp3) is 0.562. The summed E-state index contributed by atoms with van der Waals surface area (Å²) in [7, 11) is 0. The number of rotatable bonds is 6. The van der Waals surface area contributed by atoms with Crippen LogP contribution in [0.5, 0.6) is 0 Å². The molecule has 1 saturated heterocycles. The van der Waals surface area contributed by atoms with Gasteiger partial charge in [-0.15, -0.1) is 12.4 Å². The Morgan fingerprint density at radius 2 is 2.00 bits per heavy atom. The third kappa shape index (κ3) is 5.80. The van der Waals surface area contributed by atoms with Crippen molar-refractivity contribution in [3.05, 3.63) is 33.8 Å². The summed E-state index contributed by atoms with van der Waals surface area (Å²) >= 11 is 11.9. The van der Waals surface area contributed by atoms with Crippen LogP contribution in [0, 0.1) is 0 Å². The lowest BCUT2D eigenvalue weighted by Crippen LogP contribution is -2.46. The normalized spacial score (nSPS) is 17.5. The first-order valence-corrected chi connectivity index (χ1v) is 8.29. The van der Waals surface area contributed by atoms with E-state index in [4.69, 9.17) is 27.9 Å². The molecule has 0 amide bonds. The Hall–Kier alpha value is -0.520. The van der Waals surface area contributed by atoms with E-state index < -0.39 is 5.97 Å². The first-order valence-electron chi connectivity index (χ1n) is 7.53. The van der Waals surface area contributed by atoms with Crippen LogP contribution in [0.25, 0.3) is 0 Å². The maximum absolute atomic E-state index is 11.2. The molecule has 23 heavy (non-hydrogen) atoms. The second-order valence-corrected chi connectivity index (χ2v) is 6.37. The van der Waals surface area contributed by atoms with E-state index in [1.807, 2.05) is 24.0 Å². The Labute approximate surface area is 153 Å². The van der Waals surface area contributed by atoms with Crippen molar-refractivity contribution in [2.24, 2.45) is 0 Å². The van der Waals surface area contributed by atoms with Gasteiger partial charge < -0.3 is 9.84 Å². The predicted molar refractivity (Wildman–Crippen MR) is 94.8 cm³/mol. The smallest absolute Gasteiger partial charge is 0.320 e. The average molecular weight is 383 g/mol. The zero-order valence-corrected chi connectivity index (χ0v) is 15.3. The van der Waals surface area contributed by atoms with Crippen LogP contribution < -0.4 is 0 Å². The number of hydrogen-bond donors (Lipinski definition) is 1. The van der Waals surface area contributed by atoms with Crippen molar-refractivity contribution in [1.82, 2.24) is 4.90 Å². The summed E-state index contributed by atoms with van der Waals surface area (Å²) in [5.74, 6) is -0.738. The number of benzene rings is 1. The fourth-order valence-corrected chi connectivity index (χ4v) is 3.11. The van der Waals surface area contributed by atoms with Crippen LogP contribution in [0.3, 0.4) is 0 Å². The molecule has 0 radical (unpaired) electrons. The SMILES string of the molecule is CCC(C(=O)O)N1CCC(OCc2ccc(Cl)c(Cl)c2)CC1.Cl. The van der Waals surface area contributed by atoms with Crippen LogP contribution in [-0.2, 0) is 16.1 Å². The Morgan fingerprint density at radius 3 is 2.52 bits per heavy atom. The van der Waals surface area contributed by atoms with Crippen molar-refractivity contribution in [3.8, 4) is 0 Å². The monoisotopic (exact) mass is 381 g/mol. The van der Waals surface area contributed by atoms with E-state index in [-0.39, 0.29) is 24.6 Å². The molecule has 1 fully saturated rings. The molecule has 1 heterocycles. The predicted octanol–water partition coefficient (Wildman–Crippen LogP) is 4.26. The molecule has 0 aliphatic carbocycles. The van der Waals surface area contributed by atoms with Gasteiger partial charge in [-0.2, -0.15) is 0 Å². The first kappa shape index (κ1) is 20.5. The summed E-state index contributed by atoms with van der Waals surface area (Å²) in [6, 6.07) is 5.11. The van der Waals surface area contributed by atoms with Crippen LogP contribution in [0.4, 0.5) is 0 Å². The highest BCUT2D eigenvalue weighted by Gasteiger charge is 2.28. The summed E-state index contributed by atoms with van der Waals surface area (Å²) < 4.78 is 5.91. The number of carboxylic acids is 1. The summed E-state index contributed by atoms with van der Waals surface area (Å²) in [6.07, 6.45) is 2.50. The number of nitrogens with zero attached hydrogens (tertiary/aromatic N) is 1. The number of hydrogen-bond acceptors (Lipinski definition) is 3. The van der Waals surface area contributed by atoms with E-state index in [0.717, 1.165) is 31.5 Å². The first-order chi connectivity index (χ1) is 10.5. The Bertz CT molecular complexity index is 519. The van der Waals surface area contributed by atoms with Gasteiger partial charge in [0.05, 0.1) is 22.8 Å². The molecule has 0 bridgehead atoms. The van der Waals surface area contributed by atoms with Crippen LogP contribution in [0.15, 0.2) is 18.2 Å². The van der Waals surface area contributed by atoms with Crippen molar-refractivity contribution in [1.29, 1.82) is 0 Å². The number of carbonyl (C=O) groups is 1. The molecular weight excluding hydrogens is 361 g/mol. The van der Waals surface area contributed by atoms with Crippen LogP contribution >= 0.6 is 35.6 Å². The molecule has 7 heteroatoms. The minimum Gasteiger partial charge on any atom is -0.480 e. The highest BCUT2D eigenvalue weighted by atomic mass is 35.5. The summed E-state index contributed by atoms with van der Waals surface area (Å²) in [5.41, 5.74) is 0.994. The molecule has 1 aliphatic rings. The molecule has 1 N–H and O–H groups in total. The molecule has 0 aromatic heterocycles. The lowest BCUT2D eigenvalue weighted by molar-refractivity contribution is -0.144. The van der Waals surface area contributed by atoms with E-state index in [1.165, 1.54) is 0 Å². The molecule has 1 atom stereocenters. The Balaban J connectivity index is 0.00000264. The van der Waals surface area contributed by atoms with Gasteiger partial charge in [0.25, 0.3) is 0 Å². The van der Waals surface area contributed by atoms with Crippen molar-refractivity contribution in [2.45, 2.75) is 44.9 Å². The molecule has 1 aliphatic heterocycles. The highest BCUT2D eigenvalue weighted by molar-refractivity contribution is 6.42. The van der Waals surface area contributed by atoms with Crippen molar-refractivity contribution in [2.75, 3.05) is 13.1 Å². The van der Waals surface area contributed by atoms with Gasteiger partial charge in [-0.05, 0) is 37.0 Å². The Kier molecular flexibility index (Phi) is 8.65. The number of ether oxygens (including phenoxy) is 1. The lowest BCUT2D eigenvalue weighted by Gasteiger charge is -2.35. The van der Waals surface area contributed by atoms with Gasteiger partial charge in [-0.25, -0.2) is 0 Å². The maximum Gasteiger partial charge on any atom is 0.320 e. The fourth-order valence-electron chi connectivity index (χ4n) is 2.79. The largest absolute Gasteiger partial charge is 0.480 e. The minimum atomic E-state index is -0.738. The second kappa shape index (κ2) is 9.70. The van der Waals surface area contributed by atoms with E-state index in [1.54, 1.807) is 6.07 Å². The summed E-state index contributed by atoms with van der Waals surface area (Å²) in [4.78, 5) is 13.2. The van der Waals surface area contributed by atoms with E-state index in [9.17, 15) is 9.90 Å². The van der Waals surface area contributed by atoms with Crippen LogP contribution in [0.2, 0.25) is 10.0 Å². The third-order valence-electron chi connectivity index (χ3n) is 4.06. The summed E-state index contributed by atoms with van der Waals surface area (Å²) in [5, 5.41) is 10.3. The molecule has 0 spiro atoms. The summed E-state index contributed by atoms with van der Waals surface area (Å²) in [6.45, 7) is 3.93. The molecule has 1 aromatic carbocycles. The average Bonchev–Trinajstić information content (AvgIpc) is 2.50. The molecule has 4 nitrogen and oxygen atoms in total. The van der Waals surface area contributed by atoms with E-state index in [0.29, 0.717) is 23.1 Å². The standard InChI is InChI=1S/C16H21Cl2NO3.ClH/c1-2-15(16(20)21)19-7-5-12(6-8-19)22-10-11-3-4-13(17)14(18)9-11;/h3-4,9,12,15H,2,5-8,10H2,1H3,(H,20,21);1H. The third-order valence-corrected chi connectivity index (χ3v) is 4.80. The topological polar surface area (TPSA) is 49.8 Å². The molecule has 1 aromatic rings. The number of aliphatic carboxylic acids is 1. The quantitative estimate of drug-likeness (QED) is 0.798. The van der Waals surface area contributed by atoms with Gasteiger partial charge in [-0.1, -0.05) is 36.2 Å². The van der Waals surface area contributed by atoms with Gasteiger partial charge in [0.15, 0.2) is 0 Å². The molecule has 1 unspecified atom stereocenters. The zero-order valence-electron chi connectivity index (χ0n) is 13.0. The van der Waals surface area contributed by atoms with Crippen molar-refractivity contribution >= 4 is 41.6 Å². The van der Waals surface area contributed by atoms with Gasteiger partial charge in [-0.3, -0.25) is 9.69 Å². The highest BCUT2D eigenvalue weighted by Crippen LogP contribution is 2.24. The minimum absolute atomic E-state index is 0. The number of halogens is 3. The number of piperidine rings is 1. The van der Waals surface area contributed by atoms with Crippen LogP contribution in [0.1, 0.15) is 31.7 Å². The van der Waals surface area contributed by atoms with Gasteiger partial charge in [0.1, 0.15) is 6.04 Å². The number of likely N-dealkylation sites (tertiary alicyclic amines) is 1. The van der Waals surface area contributed by atoms with Crippen molar-refractivity contribution in [3.63, 3.8) is 0 Å². The molecular formula is C16H22Cl3NO3. The number of carboxylic acid groups (broad SMARTS) is 1. The zero-order chi connectivity index (χ0) is 16.1. The lowest BCUT2D eigenvalue weighted by atomic mass is 10.0. The van der Waals surface area contributed by atoms with E-state index >= 15 is 0 Å². The molecule has 130 valence electrons. The molecule has 0 saturated carbocycles. The van der Waals surface area contributed by atoms with Gasteiger partial charge >= 0.3 is 5.97 Å². The van der Waals surface area contributed by atoms with Gasteiger partial charge in [0.2, 0.25) is 0 Å².